The van der Waals surface area contributed by atoms with Crippen LogP contribution < -0.4 is 5.73 Å². The van der Waals surface area contributed by atoms with E-state index in [1.54, 1.807) is 6.20 Å². The van der Waals surface area contributed by atoms with Crippen molar-refractivity contribution in [3.8, 4) is 0 Å². The summed E-state index contributed by atoms with van der Waals surface area (Å²) < 4.78 is 0. The van der Waals surface area contributed by atoms with Gasteiger partial charge in [0.1, 0.15) is 0 Å². The van der Waals surface area contributed by atoms with Gasteiger partial charge in [0.25, 0.3) is 0 Å². The molecule has 2 N–H and O–H groups in total. The summed E-state index contributed by atoms with van der Waals surface area (Å²) in [5.41, 5.74) is 7.36. The quantitative estimate of drug-likeness (QED) is 0.674. The van der Waals surface area contributed by atoms with Gasteiger partial charge in [-0.15, -0.1) is 0 Å². The van der Waals surface area contributed by atoms with Crippen LogP contribution in [0.2, 0.25) is 5.28 Å². The maximum absolute atomic E-state index is 5.59. The van der Waals surface area contributed by atoms with Gasteiger partial charge in [-0.1, -0.05) is 0 Å². The van der Waals surface area contributed by atoms with Gasteiger partial charge in [-0.05, 0) is 30.6 Å². The second kappa shape index (κ2) is 3.64. The Hall–Kier alpha value is -0.670. The maximum atomic E-state index is 5.59. The normalized spacial score (nSPS) is 10.1. The van der Waals surface area contributed by atoms with Crippen molar-refractivity contribution in [2.24, 2.45) is 5.73 Å². The summed E-state index contributed by atoms with van der Waals surface area (Å²) in [6.07, 6.45) is 2.47. The van der Waals surface area contributed by atoms with E-state index in [-0.39, 0.29) is 0 Å². The van der Waals surface area contributed by atoms with E-state index in [4.69, 9.17) is 17.3 Å². The summed E-state index contributed by atoms with van der Waals surface area (Å²) in [4.78, 5) is 7.87. The molecule has 0 spiro atoms. The topological polar surface area (TPSA) is 51.8 Å². The van der Waals surface area contributed by atoms with Crippen molar-refractivity contribution in [3.05, 3.63) is 22.7 Å². The van der Waals surface area contributed by atoms with Crippen LogP contribution in [0.1, 0.15) is 11.3 Å². The van der Waals surface area contributed by atoms with Gasteiger partial charge < -0.3 is 5.73 Å². The van der Waals surface area contributed by atoms with Gasteiger partial charge in [0, 0.05) is 18.3 Å². The molecule has 0 unspecified atom stereocenters. The lowest BCUT2D eigenvalue weighted by Gasteiger charge is -2.01. The molecule has 0 bridgehead atoms. The monoisotopic (exact) mass is 171 g/mol. The molecule has 0 saturated heterocycles. The van der Waals surface area contributed by atoms with E-state index >= 15 is 0 Å². The van der Waals surface area contributed by atoms with E-state index in [1.165, 1.54) is 0 Å². The van der Waals surface area contributed by atoms with Gasteiger partial charge in [0.15, 0.2) is 0 Å². The minimum absolute atomic E-state index is 0.291. The highest BCUT2D eigenvalue weighted by Crippen LogP contribution is 2.06. The van der Waals surface area contributed by atoms with Gasteiger partial charge in [-0.25, -0.2) is 9.97 Å². The lowest BCUT2D eigenvalue weighted by atomic mass is 10.2. The highest BCUT2D eigenvalue weighted by atomic mass is 35.5. The molecular formula is C7H10ClN3. The largest absolute Gasteiger partial charge is 0.330 e. The van der Waals surface area contributed by atoms with Crippen LogP contribution in [0.25, 0.3) is 0 Å². The van der Waals surface area contributed by atoms with Crippen LogP contribution in [0.4, 0.5) is 0 Å². The molecule has 0 amide bonds. The van der Waals surface area contributed by atoms with Crippen LogP contribution >= 0.6 is 11.6 Å². The number of halogens is 1. The molecule has 11 heavy (non-hydrogen) atoms. The third-order valence-electron chi connectivity index (χ3n) is 1.43. The van der Waals surface area contributed by atoms with Crippen LogP contribution in [0.5, 0.6) is 0 Å². The zero-order valence-corrected chi connectivity index (χ0v) is 7.10. The highest BCUT2D eigenvalue weighted by Gasteiger charge is 1.99. The summed E-state index contributed by atoms with van der Waals surface area (Å²) >= 11 is 5.59. The first-order valence-corrected chi connectivity index (χ1v) is 3.80. The Morgan fingerprint density at radius 2 is 2.36 bits per heavy atom. The second-order valence-electron chi connectivity index (χ2n) is 2.31. The third-order valence-corrected chi connectivity index (χ3v) is 1.61. The molecule has 0 aliphatic rings. The van der Waals surface area contributed by atoms with Crippen molar-refractivity contribution in [2.75, 3.05) is 6.54 Å². The fourth-order valence-electron chi connectivity index (χ4n) is 0.843. The van der Waals surface area contributed by atoms with Gasteiger partial charge in [0.05, 0.1) is 0 Å². The molecular weight excluding hydrogens is 162 g/mol. The van der Waals surface area contributed by atoms with E-state index < -0.39 is 0 Å². The molecule has 0 saturated carbocycles. The summed E-state index contributed by atoms with van der Waals surface area (Å²) in [7, 11) is 0. The molecule has 1 aromatic heterocycles. The highest BCUT2D eigenvalue weighted by molar-refractivity contribution is 6.28. The van der Waals surface area contributed by atoms with Gasteiger partial charge in [-0.2, -0.15) is 0 Å². The van der Waals surface area contributed by atoms with Gasteiger partial charge >= 0.3 is 0 Å². The van der Waals surface area contributed by atoms with Crippen LogP contribution in [0.15, 0.2) is 6.20 Å². The summed E-state index contributed by atoms with van der Waals surface area (Å²) in [6.45, 7) is 2.54. The molecule has 0 fully saturated rings. The molecule has 4 heteroatoms. The van der Waals surface area contributed by atoms with E-state index in [1.807, 2.05) is 6.92 Å². The van der Waals surface area contributed by atoms with Crippen LogP contribution in [0, 0.1) is 6.92 Å². The van der Waals surface area contributed by atoms with Gasteiger partial charge in [0.2, 0.25) is 5.28 Å². The maximum Gasteiger partial charge on any atom is 0.222 e. The zero-order valence-electron chi connectivity index (χ0n) is 6.34. The number of hydrogen-bond donors (Lipinski definition) is 1. The number of aromatic nitrogens is 2. The Bertz CT molecular complexity index is 249. The third kappa shape index (κ3) is 2.13. The molecule has 3 nitrogen and oxygen atoms in total. The Balaban J connectivity index is 2.93. The standard InChI is InChI=1S/C7H10ClN3/c1-5-4-10-7(8)11-6(5)2-3-9/h4H,2-3,9H2,1H3. The second-order valence-corrected chi connectivity index (χ2v) is 2.65. The predicted octanol–water partition coefficient (Wildman–Crippen LogP) is 0.940. The molecule has 1 heterocycles. The lowest BCUT2D eigenvalue weighted by molar-refractivity contribution is 0.894. The Kier molecular flexibility index (Phi) is 2.79. The first kappa shape index (κ1) is 8.43. The predicted molar refractivity (Wildman–Crippen MR) is 44.5 cm³/mol. The van der Waals surface area contributed by atoms with Crippen molar-refractivity contribution in [3.63, 3.8) is 0 Å². The number of rotatable bonds is 2. The minimum atomic E-state index is 0.291. The molecule has 0 aliphatic carbocycles. The number of aryl methyl sites for hydroxylation is 1. The van der Waals surface area contributed by atoms with E-state index in [0.717, 1.165) is 17.7 Å². The number of hydrogen-bond acceptors (Lipinski definition) is 3. The lowest BCUT2D eigenvalue weighted by Crippen LogP contribution is -2.06. The Morgan fingerprint density at radius 3 is 3.00 bits per heavy atom. The molecule has 0 aromatic carbocycles. The first-order chi connectivity index (χ1) is 5.24. The van der Waals surface area contributed by atoms with Crippen LogP contribution in [-0.4, -0.2) is 16.5 Å². The van der Waals surface area contributed by atoms with E-state index in [2.05, 4.69) is 9.97 Å². The van der Waals surface area contributed by atoms with E-state index in [9.17, 15) is 0 Å². The van der Waals surface area contributed by atoms with E-state index in [0.29, 0.717) is 11.8 Å². The fourth-order valence-corrected chi connectivity index (χ4v) is 0.994. The smallest absolute Gasteiger partial charge is 0.222 e. The summed E-state index contributed by atoms with van der Waals surface area (Å²) in [6, 6.07) is 0. The van der Waals surface area contributed by atoms with Crippen molar-refractivity contribution in [1.29, 1.82) is 0 Å². The SMILES string of the molecule is Cc1cnc(Cl)nc1CCN. The van der Waals surface area contributed by atoms with Crippen molar-refractivity contribution in [1.82, 2.24) is 9.97 Å². The Labute approximate surface area is 70.6 Å². The molecule has 1 rings (SSSR count). The summed E-state index contributed by atoms with van der Waals surface area (Å²) in [5, 5.41) is 0.291. The van der Waals surface area contributed by atoms with Crippen LogP contribution in [-0.2, 0) is 6.42 Å². The zero-order chi connectivity index (χ0) is 8.27. The molecule has 60 valence electrons. The fraction of sp³-hybridized carbons (Fsp3) is 0.429. The summed E-state index contributed by atoms with van der Waals surface area (Å²) in [5.74, 6) is 0. The molecule has 0 atom stereocenters. The van der Waals surface area contributed by atoms with Gasteiger partial charge in [-0.3, -0.25) is 0 Å². The average molecular weight is 172 g/mol. The number of nitrogens with zero attached hydrogens (tertiary/aromatic N) is 2. The number of nitrogens with two attached hydrogens (primary N) is 1. The average Bonchev–Trinajstić information content (AvgIpc) is 1.98. The van der Waals surface area contributed by atoms with Crippen LogP contribution in [0.3, 0.4) is 0 Å². The van der Waals surface area contributed by atoms with Crippen molar-refractivity contribution >= 4 is 11.6 Å². The first-order valence-electron chi connectivity index (χ1n) is 3.42. The Morgan fingerprint density at radius 1 is 1.64 bits per heavy atom. The molecule has 0 radical (unpaired) electrons. The molecule has 1 aromatic rings. The minimum Gasteiger partial charge on any atom is -0.330 e. The van der Waals surface area contributed by atoms with Crippen molar-refractivity contribution in [2.45, 2.75) is 13.3 Å². The molecule has 0 aliphatic heterocycles. The van der Waals surface area contributed by atoms with Crippen molar-refractivity contribution < 1.29 is 0 Å².